The van der Waals surface area contributed by atoms with Crippen LogP contribution in [0.3, 0.4) is 0 Å². The van der Waals surface area contributed by atoms with Crippen LogP contribution in [0, 0.1) is 0 Å². The number of carboxylic acid groups (broad SMARTS) is 1. The van der Waals surface area contributed by atoms with Crippen LogP contribution in [-0.4, -0.2) is 95.8 Å². The van der Waals surface area contributed by atoms with Crippen LogP contribution < -0.4 is 5.32 Å². The molecule has 0 saturated carbocycles. The molecule has 0 saturated heterocycles. The molecule has 0 aromatic rings. The number of aliphatic carboxylic acids is 1. The number of hydrogen-bond donors (Lipinski definition) is 3. The van der Waals surface area contributed by atoms with Gasteiger partial charge >= 0.3 is 25.7 Å². The van der Waals surface area contributed by atoms with Crippen LogP contribution in [0.15, 0.2) is 0 Å². The first-order chi connectivity index (χ1) is 26.1. The molecule has 2 atom stereocenters. The van der Waals surface area contributed by atoms with Gasteiger partial charge in [-0.1, -0.05) is 168 Å². The van der Waals surface area contributed by atoms with E-state index in [1.807, 2.05) is 0 Å². The Morgan fingerprint density at radius 2 is 0.945 bits per heavy atom. The van der Waals surface area contributed by atoms with Crippen LogP contribution in [0.2, 0.25) is 0 Å². The van der Waals surface area contributed by atoms with E-state index in [0.717, 1.165) is 38.5 Å². The van der Waals surface area contributed by atoms with E-state index in [-0.39, 0.29) is 75.0 Å². The van der Waals surface area contributed by atoms with Crippen molar-refractivity contribution in [3.8, 4) is 0 Å². The largest absolute Gasteiger partial charge is 0.481 e. The van der Waals surface area contributed by atoms with E-state index < -0.39 is 44.3 Å². The van der Waals surface area contributed by atoms with Gasteiger partial charge < -0.3 is 24.8 Å². The maximum absolute atomic E-state index is 12.6. The summed E-state index contributed by atoms with van der Waals surface area (Å²) in [4.78, 5) is 57.4. The molecule has 319 valence electrons. The molecule has 0 aliphatic carbocycles. The summed E-state index contributed by atoms with van der Waals surface area (Å²) in [6.45, 7) is 3.11. The molecule has 14 heteroatoms. The van der Waals surface area contributed by atoms with Gasteiger partial charge in [0.15, 0.2) is 6.10 Å². The smallest absolute Gasteiger partial charge is 0.472 e. The van der Waals surface area contributed by atoms with Crippen LogP contribution in [0.25, 0.3) is 0 Å². The van der Waals surface area contributed by atoms with E-state index in [1.54, 1.807) is 0 Å². The topological polar surface area (TPSA) is 175 Å². The summed E-state index contributed by atoms with van der Waals surface area (Å²) in [6.07, 6.45) is 29.7. The van der Waals surface area contributed by atoms with Gasteiger partial charge in [-0.3, -0.25) is 28.2 Å². The average Bonchev–Trinajstić information content (AvgIpc) is 3.14. The van der Waals surface area contributed by atoms with Crippen molar-refractivity contribution < 1.29 is 52.3 Å². The summed E-state index contributed by atoms with van der Waals surface area (Å²) in [5.74, 6) is -2.58. The molecule has 0 aliphatic rings. The quantitative estimate of drug-likeness (QED) is 0.0232. The molecule has 0 spiro atoms. The number of amides is 1. The monoisotopic (exact) mass is 815 g/mol. The van der Waals surface area contributed by atoms with Crippen LogP contribution in [0.4, 0.5) is 0 Å². The molecule has 1 amide bonds. The van der Waals surface area contributed by atoms with Crippen LogP contribution >= 0.6 is 7.82 Å². The zero-order valence-corrected chi connectivity index (χ0v) is 38.0. The van der Waals surface area contributed by atoms with Gasteiger partial charge in [-0.05, 0) is 12.8 Å². The van der Waals surface area contributed by atoms with Crippen LogP contribution in [-0.2, 0) is 42.3 Å². The summed E-state index contributed by atoms with van der Waals surface area (Å²) in [7, 11) is -4.60. The molecule has 0 rings (SSSR count). The normalized spacial score (nSPS) is 12.7. The predicted octanol–water partition coefficient (Wildman–Crippen LogP) is 10.1. The Kier molecular flexibility index (Phi) is 42.0. The molecule has 0 aromatic carbocycles. The molecule has 0 bridgehead atoms. The summed E-state index contributed by atoms with van der Waals surface area (Å²) in [6, 6.07) is 0. The Balaban J connectivity index is 0. The number of carbonyl (C=O) groups is 4. The standard InChI is InChI=1S/C41H78NO11P.Na/c1-3-5-7-9-11-13-15-17-19-21-23-25-27-29-40(46)50-35-37(36-52-54(48,49)51-34-33-42-38(43)31-32-39(44)45)53-41(47)30-28-26-24-22-20-18-16-14-12-10-8-6-4-2;/h37H,3-36H2,1-2H3,(H,42,43)(H,44,45)(H,48,49);/t37-;/m1./s1. The average molecular weight is 815 g/mol. The number of carboxylic acids is 1. The van der Waals surface area contributed by atoms with Crippen molar-refractivity contribution in [2.24, 2.45) is 0 Å². The van der Waals surface area contributed by atoms with Crippen LogP contribution in [0.1, 0.15) is 206 Å². The van der Waals surface area contributed by atoms with Crippen molar-refractivity contribution >= 4 is 61.2 Å². The number of hydrogen-bond acceptors (Lipinski definition) is 9. The molecule has 0 fully saturated rings. The molecule has 0 heterocycles. The molecule has 55 heavy (non-hydrogen) atoms. The second kappa shape index (κ2) is 41.2. The van der Waals surface area contributed by atoms with Crippen molar-refractivity contribution in [2.45, 2.75) is 213 Å². The van der Waals surface area contributed by atoms with Gasteiger partial charge in [-0.2, -0.15) is 0 Å². The fraction of sp³-hybridized carbons (Fsp3) is 0.902. The van der Waals surface area contributed by atoms with E-state index >= 15 is 0 Å². The molecule has 0 aromatic heterocycles. The Labute approximate surface area is 356 Å². The number of esters is 2. The third-order valence-electron chi connectivity index (χ3n) is 9.37. The minimum atomic E-state index is -4.60. The fourth-order valence-electron chi connectivity index (χ4n) is 6.07. The first-order valence-electron chi connectivity index (χ1n) is 21.5. The molecule has 1 unspecified atom stereocenters. The Hall–Kier alpha value is -1.01. The first-order valence-corrected chi connectivity index (χ1v) is 23.0. The summed E-state index contributed by atoms with van der Waals surface area (Å²) in [5.41, 5.74) is 0. The SMILES string of the molecule is CCCCCCCCCCCCCCCC(=O)OC[C@H](COP(=O)(O)OCCNC(=O)CCC(=O)O)OC(=O)CCCCCCCCCCCCCCC.[Na]. The van der Waals surface area contributed by atoms with Gasteiger partial charge in [0.2, 0.25) is 5.91 Å². The van der Waals surface area contributed by atoms with E-state index in [2.05, 4.69) is 19.2 Å². The molecule has 12 nitrogen and oxygen atoms in total. The minimum Gasteiger partial charge on any atom is -0.481 e. The van der Waals surface area contributed by atoms with Gasteiger partial charge in [-0.15, -0.1) is 0 Å². The second-order valence-corrected chi connectivity index (χ2v) is 16.1. The first kappa shape index (κ1) is 56.1. The summed E-state index contributed by atoms with van der Waals surface area (Å²) >= 11 is 0. The predicted molar refractivity (Wildman–Crippen MR) is 219 cm³/mol. The zero-order chi connectivity index (χ0) is 40.0. The van der Waals surface area contributed by atoms with Gasteiger partial charge in [0.25, 0.3) is 0 Å². The maximum atomic E-state index is 12.6. The number of nitrogens with one attached hydrogen (secondary N) is 1. The van der Waals surface area contributed by atoms with E-state index in [0.29, 0.717) is 12.8 Å². The fourth-order valence-corrected chi connectivity index (χ4v) is 6.82. The number of phosphoric acid groups is 1. The molecule has 0 aliphatic heterocycles. The van der Waals surface area contributed by atoms with Gasteiger partial charge in [0.05, 0.1) is 19.6 Å². The minimum absolute atomic E-state index is 0. The number of carbonyl (C=O) groups excluding carboxylic acids is 3. The summed E-state index contributed by atoms with van der Waals surface area (Å²) in [5, 5.41) is 11.0. The van der Waals surface area contributed by atoms with Gasteiger partial charge in [-0.25, -0.2) is 4.57 Å². The number of rotatable bonds is 41. The second-order valence-electron chi connectivity index (χ2n) is 14.6. The van der Waals surface area contributed by atoms with Gasteiger partial charge in [0, 0.05) is 55.4 Å². The number of unbranched alkanes of at least 4 members (excludes halogenated alkanes) is 24. The van der Waals surface area contributed by atoms with E-state index in [9.17, 15) is 28.6 Å². The zero-order valence-electron chi connectivity index (χ0n) is 35.1. The van der Waals surface area contributed by atoms with Crippen LogP contribution in [0.5, 0.6) is 0 Å². The molecule has 1 radical (unpaired) electrons. The molecule has 3 N–H and O–H groups in total. The Morgan fingerprint density at radius 1 is 0.545 bits per heavy atom. The third kappa shape index (κ3) is 42.4. The summed E-state index contributed by atoms with van der Waals surface area (Å²) < 4.78 is 33.2. The van der Waals surface area contributed by atoms with Crippen molar-refractivity contribution in [3.63, 3.8) is 0 Å². The third-order valence-corrected chi connectivity index (χ3v) is 10.3. The molecular weight excluding hydrogens is 736 g/mol. The van der Waals surface area contributed by atoms with E-state index in [4.69, 9.17) is 23.6 Å². The Morgan fingerprint density at radius 3 is 1.36 bits per heavy atom. The van der Waals surface area contributed by atoms with Crippen molar-refractivity contribution in [1.29, 1.82) is 0 Å². The Bertz CT molecular complexity index is 988. The van der Waals surface area contributed by atoms with E-state index in [1.165, 1.54) is 116 Å². The van der Waals surface area contributed by atoms with Crippen molar-refractivity contribution in [2.75, 3.05) is 26.4 Å². The number of phosphoric ester groups is 1. The van der Waals surface area contributed by atoms with Gasteiger partial charge in [0.1, 0.15) is 6.61 Å². The molecular formula is C41H78NNaO11P. The number of ether oxygens (including phenoxy) is 2. The van der Waals surface area contributed by atoms with Crippen molar-refractivity contribution in [1.82, 2.24) is 5.32 Å². The maximum Gasteiger partial charge on any atom is 0.472 e. The van der Waals surface area contributed by atoms with Crippen molar-refractivity contribution in [3.05, 3.63) is 0 Å².